The van der Waals surface area contributed by atoms with Crippen molar-refractivity contribution in [2.45, 2.75) is 46.5 Å². The molecule has 1 saturated carbocycles. The Morgan fingerprint density at radius 2 is 1.43 bits per heavy atom. The highest BCUT2D eigenvalue weighted by Crippen LogP contribution is 2.26. The van der Waals surface area contributed by atoms with Crippen LogP contribution in [0.1, 0.15) is 46.5 Å². The van der Waals surface area contributed by atoms with Crippen LogP contribution >= 0.6 is 0 Å². The van der Waals surface area contributed by atoms with E-state index < -0.39 is 5.41 Å². The minimum Gasteiger partial charge on any atom is -0.326 e. The fourth-order valence-corrected chi connectivity index (χ4v) is 2.39. The quantitative estimate of drug-likeness (QED) is 0.888. The van der Waals surface area contributed by atoms with Gasteiger partial charge in [-0.05, 0) is 37.1 Å². The number of benzene rings is 1. The van der Waals surface area contributed by atoms with Crippen LogP contribution in [0.2, 0.25) is 0 Å². The molecule has 0 bridgehead atoms. The van der Waals surface area contributed by atoms with Gasteiger partial charge in [0, 0.05) is 22.7 Å². The molecule has 0 aliphatic heterocycles. The standard InChI is InChI=1S/C17H24N2O2/c1-17(2,3)16(21)19-14-10-8-13(9-11-14)18-15(20)12-6-4-5-7-12/h8-12H,4-7H2,1-3H3,(H,18,20)(H,19,21). The lowest BCUT2D eigenvalue weighted by molar-refractivity contribution is -0.123. The van der Waals surface area contributed by atoms with Gasteiger partial charge in [-0.1, -0.05) is 33.6 Å². The van der Waals surface area contributed by atoms with Crippen molar-refractivity contribution in [2.75, 3.05) is 10.6 Å². The molecule has 1 fully saturated rings. The number of carbonyl (C=O) groups is 2. The molecule has 2 N–H and O–H groups in total. The Hall–Kier alpha value is -1.84. The monoisotopic (exact) mass is 288 g/mol. The highest BCUT2D eigenvalue weighted by atomic mass is 16.2. The predicted octanol–water partition coefficient (Wildman–Crippen LogP) is 3.80. The van der Waals surface area contributed by atoms with Gasteiger partial charge in [-0.15, -0.1) is 0 Å². The van der Waals surface area contributed by atoms with E-state index >= 15 is 0 Å². The third-order valence-electron chi connectivity index (χ3n) is 3.82. The Balaban J connectivity index is 1.92. The summed E-state index contributed by atoms with van der Waals surface area (Å²) in [5, 5.41) is 5.81. The molecule has 0 saturated heterocycles. The Morgan fingerprint density at radius 1 is 0.952 bits per heavy atom. The molecule has 0 unspecified atom stereocenters. The molecule has 0 spiro atoms. The summed E-state index contributed by atoms with van der Waals surface area (Å²) in [6.07, 6.45) is 4.28. The second-order valence-electron chi connectivity index (χ2n) is 6.75. The van der Waals surface area contributed by atoms with E-state index in [1.54, 1.807) is 0 Å². The van der Waals surface area contributed by atoms with Gasteiger partial charge in [0.25, 0.3) is 0 Å². The SMILES string of the molecule is CC(C)(C)C(=O)Nc1ccc(NC(=O)C2CCCC2)cc1. The maximum atomic E-state index is 12.0. The molecule has 4 nitrogen and oxygen atoms in total. The first kappa shape index (κ1) is 15.5. The lowest BCUT2D eigenvalue weighted by Gasteiger charge is -2.18. The average molecular weight is 288 g/mol. The largest absolute Gasteiger partial charge is 0.326 e. The number of hydrogen-bond donors (Lipinski definition) is 2. The second-order valence-corrected chi connectivity index (χ2v) is 6.75. The van der Waals surface area contributed by atoms with E-state index in [1.165, 1.54) is 0 Å². The van der Waals surface area contributed by atoms with Crippen molar-refractivity contribution < 1.29 is 9.59 Å². The van der Waals surface area contributed by atoms with Crippen LogP contribution in [0.3, 0.4) is 0 Å². The molecule has 0 aromatic heterocycles. The van der Waals surface area contributed by atoms with Gasteiger partial charge in [0.15, 0.2) is 0 Å². The van der Waals surface area contributed by atoms with Crippen molar-refractivity contribution >= 4 is 23.2 Å². The lowest BCUT2D eigenvalue weighted by atomic mass is 9.95. The second kappa shape index (κ2) is 6.29. The summed E-state index contributed by atoms with van der Waals surface area (Å²) in [7, 11) is 0. The average Bonchev–Trinajstić information content (AvgIpc) is 2.94. The summed E-state index contributed by atoms with van der Waals surface area (Å²) in [6.45, 7) is 5.62. The number of carbonyl (C=O) groups excluding carboxylic acids is 2. The molecule has 0 atom stereocenters. The molecule has 21 heavy (non-hydrogen) atoms. The summed E-state index contributed by atoms with van der Waals surface area (Å²) >= 11 is 0. The summed E-state index contributed by atoms with van der Waals surface area (Å²) in [5.74, 6) is 0.245. The fraction of sp³-hybridized carbons (Fsp3) is 0.529. The number of anilines is 2. The van der Waals surface area contributed by atoms with E-state index in [9.17, 15) is 9.59 Å². The highest BCUT2D eigenvalue weighted by molar-refractivity contribution is 5.95. The van der Waals surface area contributed by atoms with Gasteiger partial charge >= 0.3 is 0 Å². The van der Waals surface area contributed by atoms with Crippen LogP contribution in [-0.4, -0.2) is 11.8 Å². The van der Waals surface area contributed by atoms with E-state index in [0.717, 1.165) is 37.1 Å². The first-order valence-electron chi connectivity index (χ1n) is 7.58. The molecule has 2 amide bonds. The highest BCUT2D eigenvalue weighted by Gasteiger charge is 2.23. The van der Waals surface area contributed by atoms with E-state index in [0.29, 0.717) is 0 Å². The van der Waals surface area contributed by atoms with Crippen LogP contribution in [0.15, 0.2) is 24.3 Å². The van der Waals surface area contributed by atoms with Crippen molar-refractivity contribution in [3.63, 3.8) is 0 Å². The normalized spacial score (nSPS) is 15.8. The van der Waals surface area contributed by atoms with Crippen molar-refractivity contribution in [3.8, 4) is 0 Å². The van der Waals surface area contributed by atoms with Crippen LogP contribution in [0.25, 0.3) is 0 Å². The van der Waals surface area contributed by atoms with Crippen LogP contribution in [0, 0.1) is 11.3 Å². The summed E-state index contributed by atoms with van der Waals surface area (Å²) in [5.41, 5.74) is 1.10. The minimum atomic E-state index is -0.421. The van der Waals surface area contributed by atoms with E-state index in [4.69, 9.17) is 0 Å². The first-order chi connectivity index (χ1) is 9.86. The van der Waals surface area contributed by atoms with Gasteiger partial charge in [0.05, 0.1) is 0 Å². The molecular weight excluding hydrogens is 264 g/mol. The van der Waals surface area contributed by atoms with Gasteiger partial charge in [-0.25, -0.2) is 0 Å². The number of amides is 2. The zero-order chi connectivity index (χ0) is 15.5. The Bertz CT molecular complexity index is 509. The Labute approximate surface area is 126 Å². The van der Waals surface area contributed by atoms with Gasteiger partial charge < -0.3 is 10.6 Å². The summed E-state index contributed by atoms with van der Waals surface area (Å²) in [4.78, 5) is 23.9. The van der Waals surface area contributed by atoms with Crippen LogP contribution in [0.4, 0.5) is 11.4 Å². The number of nitrogens with one attached hydrogen (secondary N) is 2. The van der Waals surface area contributed by atoms with Crippen LogP contribution in [-0.2, 0) is 9.59 Å². The van der Waals surface area contributed by atoms with E-state index in [-0.39, 0.29) is 17.7 Å². The molecule has 4 heteroatoms. The third-order valence-corrected chi connectivity index (χ3v) is 3.82. The lowest BCUT2D eigenvalue weighted by Crippen LogP contribution is -2.27. The van der Waals surface area contributed by atoms with Gasteiger partial charge in [0.2, 0.25) is 11.8 Å². The zero-order valence-corrected chi connectivity index (χ0v) is 13.0. The third kappa shape index (κ3) is 4.31. The van der Waals surface area contributed by atoms with Gasteiger partial charge in [-0.2, -0.15) is 0 Å². The molecule has 1 aliphatic carbocycles. The van der Waals surface area contributed by atoms with Crippen LogP contribution < -0.4 is 10.6 Å². The predicted molar refractivity (Wildman–Crippen MR) is 85.1 cm³/mol. The smallest absolute Gasteiger partial charge is 0.229 e. The van der Waals surface area contributed by atoms with E-state index in [2.05, 4.69) is 10.6 Å². The van der Waals surface area contributed by atoms with Crippen molar-refractivity contribution in [2.24, 2.45) is 11.3 Å². The number of hydrogen-bond acceptors (Lipinski definition) is 2. The molecule has 1 aromatic rings. The van der Waals surface area contributed by atoms with Crippen molar-refractivity contribution in [1.82, 2.24) is 0 Å². The maximum Gasteiger partial charge on any atom is 0.229 e. The summed E-state index contributed by atoms with van der Waals surface area (Å²) < 4.78 is 0. The first-order valence-corrected chi connectivity index (χ1v) is 7.58. The molecule has 1 aromatic carbocycles. The topological polar surface area (TPSA) is 58.2 Å². The van der Waals surface area contributed by atoms with Gasteiger partial charge in [0.1, 0.15) is 0 Å². The minimum absolute atomic E-state index is 0.0229. The molecule has 0 heterocycles. The van der Waals surface area contributed by atoms with Crippen molar-refractivity contribution in [3.05, 3.63) is 24.3 Å². The van der Waals surface area contributed by atoms with Crippen molar-refractivity contribution in [1.29, 1.82) is 0 Å². The number of rotatable bonds is 3. The fourth-order valence-electron chi connectivity index (χ4n) is 2.39. The molecule has 2 rings (SSSR count). The maximum absolute atomic E-state index is 12.0. The summed E-state index contributed by atoms with van der Waals surface area (Å²) in [6, 6.07) is 7.28. The Morgan fingerprint density at radius 3 is 1.90 bits per heavy atom. The van der Waals surface area contributed by atoms with E-state index in [1.807, 2.05) is 45.0 Å². The van der Waals surface area contributed by atoms with Gasteiger partial charge in [-0.3, -0.25) is 9.59 Å². The molecule has 114 valence electrons. The molecule has 1 aliphatic rings. The zero-order valence-electron chi connectivity index (χ0n) is 13.0. The molecule has 0 radical (unpaired) electrons. The molecular formula is C17H24N2O2. The Kier molecular flexibility index (Phi) is 4.66. The van der Waals surface area contributed by atoms with Crippen LogP contribution in [0.5, 0.6) is 0 Å².